The lowest BCUT2D eigenvalue weighted by molar-refractivity contribution is -0.163. The molecule has 2 aliphatic rings. The highest BCUT2D eigenvalue weighted by Gasteiger charge is 2.56. The van der Waals surface area contributed by atoms with Crippen LogP contribution in [0.25, 0.3) is 0 Å². The van der Waals surface area contributed by atoms with E-state index in [9.17, 15) is 19.8 Å². The fourth-order valence-corrected chi connectivity index (χ4v) is 4.26. The minimum Gasteiger partial charge on any atom is -0.463 e. The first-order valence-corrected chi connectivity index (χ1v) is 8.75. The van der Waals surface area contributed by atoms with Gasteiger partial charge in [0.05, 0.1) is 24.0 Å². The van der Waals surface area contributed by atoms with E-state index in [2.05, 4.69) is 0 Å². The largest absolute Gasteiger partial charge is 0.463 e. The van der Waals surface area contributed by atoms with Crippen LogP contribution >= 0.6 is 0 Å². The van der Waals surface area contributed by atoms with Gasteiger partial charge in [-0.25, -0.2) is 0 Å². The van der Waals surface area contributed by atoms with Crippen molar-refractivity contribution in [2.45, 2.75) is 44.1 Å². The fourth-order valence-electron chi connectivity index (χ4n) is 4.26. The van der Waals surface area contributed by atoms with Gasteiger partial charge in [0.1, 0.15) is 6.61 Å². The molecule has 6 atom stereocenters. The number of piperidine rings is 1. The van der Waals surface area contributed by atoms with Crippen molar-refractivity contribution in [2.75, 3.05) is 13.7 Å². The average Bonchev–Trinajstić information content (AvgIpc) is 2.87. The maximum Gasteiger partial charge on any atom is 0.313 e. The number of hydrogen-bond donors (Lipinski definition) is 2. The number of fused-ring (bicyclic) bond motifs is 2. The van der Waals surface area contributed by atoms with Gasteiger partial charge in [-0.2, -0.15) is 0 Å². The van der Waals surface area contributed by atoms with Gasteiger partial charge in [0.2, 0.25) is 0 Å². The first-order valence-electron chi connectivity index (χ1n) is 8.75. The number of ether oxygens (including phenoxy) is 1. The van der Waals surface area contributed by atoms with E-state index < -0.39 is 30.0 Å². The molecule has 0 saturated carbocycles. The molecule has 6 heteroatoms. The Balaban J connectivity index is 1.86. The Labute approximate surface area is 147 Å². The van der Waals surface area contributed by atoms with Gasteiger partial charge in [-0.3, -0.25) is 14.5 Å². The third-order valence-electron chi connectivity index (χ3n) is 5.47. The first-order chi connectivity index (χ1) is 11.9. The summed E-state index contributed by atoms with van der Waals surface area (Å²) in [6, 6.07) is 8.67. The third-order valence-corrected chi connectivity index (χ3v) is 5.47. The van der Waals surface area contributed by atoms with Gasteiger partial charge in [0, 0.05) is 17.6 Å². The lowest BCUT2D eigenvalue weighted by Gasteiger charge is -2.44. The summed E-state index contributed by atoms with van der Waals surface area (Å²) in [4.78, 5) is 27.6. The Morgan fingerprint density at radius 1 is 1.20 bits per heavy atom. The number of benzene rings is 1. The molecule has 2 bridgehead atoms. The second-order valence-corrected chi connectivity index (χ2v) is 7.13. The topological polar surface area (TPSA) is 87.1 Å². The predicted octanol–water partition coefficient (Wildman–Crippen LogP) is 0.863. The molecule has 1 aromatic rings. The van der Waals surface area contributed by atoms with Gasteiger partial charge in [-0.15, -0.1) is 0 Å². The minimum atomic E-state index is -1.08. The third kappa shape index (κ3) is 3.34. The van der Waals surface area contributed by atoms with E-state index in [4.69, 9.17) is 4.74 Å². The monoisotopic (exact) mass is 347 g/mol. The van der Waals surface area contributed by atoms with E-state index in [0.29, 0.717) is 5.56 Å². The second kappa shape index (κ2) is 7.23. The van der Waals surface area contributed by atoms with Crippen LogP contribution in [0.5, 0.6) is 0 Å². The molecule has 136 valence electrons. The molecule has 25 heavy (non-hydrogen) atoms. The van der Waals surface area contributed by atoms with Crippen LogP contribution in [0.3, 0.4) is 0 Å². The van der Waals surface area contributed by atoms with Gasteiger partial charge in [0.15, 0.2) is 5.78 Å². The zero-order chi connectivity index (χ0) is 18.1. The SMILES string of the molecule is CC(O)COC(=O)[C@@H]1[C@H]2CC[C@@H](C(C(=O)c3ccccc3)[C@@H]1O)N2C. The summed E-state index contributed by atoms with van der Waals surface area (Å²) in [5.74, 6) is -2.12. The van der Waals surface area contributed by atoms with Crippen molar-refractivity contribution in [3.05, 3.63) is 35.9 Å². The molecule has 0 aromatic heterocycles. The van der Waals surface area contributed by atoms with E-state index in [0.717, 1.165) is 12.8 Å². The van der Waals surface area contributed by atoms with Crippen molar-refractivity contribution in [2.24, 2.45) is 11.8 Å². The van der Waals surface area contributed by atoms with Crippen LogP contribution in [0, 0.1) is 11.8 Å². The molecule has 6 nitrogen and oxygen atoms in total. The maximum atomic E-state index is 13.0. The van der Waals surface area contributed by atoms with Crippen LogP contribution in [0.1, 0.15) is 30.1 Å². The second-order valence-electron chi connectivity index (χ2n) is 7.13. The first kappa shape index (κ1) is 18.0. The molecular formula is C19H25NO5. The fraction of sp³-hybridized carbons (Fsp3) is 0.579. The highest BCUT2D eigenvalue weighted by Crippen LogP contribution is 2.43. The summed E-state index contributed by atoms with van der Waals surface area (Å²) in [5, 5.41) is 20.2. The van der Waals surface area contributed by atoms with Gasteiger partial charge < -0.3 is 14.9 Å². The molecule has 2 heterocycles. The highest BCUT2D eigenvalue weighted by atomic mass is 16.5. The van der Waals surface area contributed by atoms with E-state index in [-0.39, 0.29) is 24.5 Å². The van der Waals surface area contributed by atoms with Gasteiger partial charge in [-0.1, -0.05) is 30.3 Å². The van der Waals surface area contributed by atoms with Gasteiger partial charge in [0.25, 0.3) is 0 Å². The van der Waals surface area contributed by atoms with Crippen LogP contribution < -0.4 is 0 Å². The lowest BCUT2D eigenvalue weighted by atomic mass is 9.76. The molecule has 1 aromatic carbocycles. The van der Waals surface area contributed by atoms with Crippen molar-refractivity contribution < 1.29 is 24.5 Å². The summed E-state index contributed by atoms with van der Waals surface area (Å²) in [6.45, 7) is 1.42. The summed E-state index contributed by atoms with van der Waals surface area (Å²) in [5.41, 5.74) is 0.543. The number of Topliss-reactive ketones (excluding diaryl/α,β-unsaturated/α-hetero) is 1. The maximum absolute atomic E-state index is 13.0. The molecule has 2 unspecified atom stereocenters. The van der Waals surface area contributed by atoms with E-state index in [1.165, 1.54) is 6.92 Å². The zero-order valence-electron chi connectivity index (χ0n) is 14.5. The van der Waals surface area contributed by atoms with Crippen LogP contribution in [0.4, 0.5) is 0 Å². The van der Waals surface area contributed by atoms with E-state index >= 15 is 0 Å². The average molecular weight is 347 g/mol. The number of aliphatic hydroxyl groups excluding tert-OH is 2. The molecule has 2 saturated heterocycles. The van der Waals surface area contributed by atoms with Crippen LogP contribution in [0.2, 0.25) is 0 Å². The molecule has 0 radical (unpaired) electrons. The summed E-state index contributed by atoms with van der Waals surface area (Å²) in [7, 11) is 1.90. The van der Waals surface area contributed by atoms with Crippen LogP contribution in [-0.2, 0) is 9.53 Å². The Bertz CT molecular complexity index is 632. The molecule has 0 amide bonds. The van der Waals surface area contributed by atoms with Crippen molar-refractivity contribution in [1.29, 1.82) is 0 Å². The highest BCUT2D eigenvalue weighted by molar-refractivity contribution is 5.99. The predicted molar refractivity (Wildman–Crippen MR) is 91.0 cm³/mol. The molecule has 2 N–H and O–H groups in total. The molecular weight excluding hydrogens is 322 g/mol. The normalized spacial score (nSPS) is 33.0. The summed E-state index contributed by atoms with van der Waals surface area (Å²) < 4.78 is 5.16. The van der Waals surface area contributed by atoms with E-state index in [1.807, 2.05) is 18.0 Å². The Morgan fingerprint density at radius 2 is 1.80 bits per heavy atom. The number of aliphatic hydroxyl groups is 2. The number of rotatable bonds is 5. The number of nitrogens with zero attached hydrogens (tertiary/aromatic N) is 1. The quantitative estimate of drug-likeness (QED) is 0.607. The van der Waals surface area contributed by atoms with Gasteiger partial charge in [-0.05, 0) is 26.8 Å². The number of ketones is 1. The number of carbonyl (C=O) groups excluding carboxylic acids is 2. The van der Waals surface area contributed by atoms with Crippen molar-refractivity contribution >= 4 is 11.8 Å². The zero-order valence-corrected chi connectivity index (χ0v) is 14.5. The molecule has 0 spiro atoms. The standard InChI is InChI=1S/C19H25NO5/c1-11(21)10-25-19(24)16-14-9-8-13(20(14)2)15(18(16)23)17(22)12-6-4-3-5-7-12/h3-7,11,13-16,18,21,23H,8-10H2,1-2H3/t11?,13-,14+,15?,16+,18-/m0/s1. The van der Waals surface area contributed by atoms with E-state index in [1.54, 1.807) is 24.3 Å². The number of carbonyl (C=O) groups is 2. The Morgan fingerprint density at radius 3 is 2.40 bits per heavy atom. The van der Waals surface area contributed by atoms with Crippen molar-refractivity contribution in [3.8, 4) is 0 Å². The summed E-state index contributed by atoms with van der Waals surface area (Å²) >= 11 is 0. The molecule has 2 fully saturated rings. The Hall–Kier alpha value is -1.76. The van der Waals surface area contributed by atoms with Crippen molar-refractivity contribution in [1.82, 2.24) is 4.90 Å². The van der Waals surface area contributed by atoms with Crippen LogP contribution in [0.15, 0.2) is 30.3 Å². The Kier molecular flexibility index (Phi) is 5.22. The van der Waals surface area contributed by atoms with Crippen molar-refractivity contribution in [3.63, 3.8) is 0 Å². The minimum absolute atomic E-state index is 0.0754. The molecule has 2 aliphatic heterocycles. The lowest BCUT2D eigenvalue weighted by Crippen LogP contribution is -2.59. The number of hydrogen-bond acceptors (Lipinski definition) is 6. The summed E-state index contributed by atoms with van der Waals surface area (Å²) in [6.07, 6.45) is -0.337. The van der Waals surface area contributed by atoms with Gasteiger partial charge >= 0.3 is 5.97 Å². The molecule has 0 aliphatic carbocycles. The number of esters is 1. The van der Waals surface area contributed by atoms with Crippen LogP contribution in [-0.4, -0.2) is 64.8 Å². The smallest absolute Gasteiger partial charge is 0.313 e. The molecule has 3 rings (SSSR count).